The van der Waals surface area contributed by atoms with Crippen molar-refractivity contribution in [1.29, 1.82) is 0 Å². The van der Waals surface area contributed by atoms with Gasteiger partial charge in [-0.05, 0) is 29.7 Å². The number of thioether (sulfide) groups is 1. The van der Waals surface area contributed by atoms with Crippen LogP contribution in [-0.2, 0) is 16.0 Å². The van der Waals surface area contributed by atoms with Crippen molar-refractivity contribution in [1.82, 2.24) is 5.32 Å². The Labute approximate surface area is 144 Å². The molecule has 24 heavy (non-hydrogen) atoms. The Hall–Kier alpha value is -2.27. The third-order valence-electron chi connectivity index (χ3n) is 4.46. The Morgan fingerprint density at radius 3 is 2.83 bits per heavy atom. The number of carbonyl (C=O) groups is 2. The fourth-order valence-corrected chi connectivity index (χ4v) is 4.36. The summed E-state index contributed by atoms with van der Waals surface area (Å²) in [5.74, 6) is 0.330. The molecule has 0 saturated carbocycles. The van der Waals surface area contributed by atoms with Crippen molar-refractivity contribution in [2.75, 3.05) is 5.75 Å². The van der Waals surface area contributed by atoms with Crippen molar-refractivity contribution in [3.8, 4) is 0 Å². The van der Waals surface area contributed by atoms with Gasteiger partial charge in [0.15, 0.2) is 6.10 Å². The molecule has 2 unspecified atom stereocenters. The fraction of sp³-hybridized carbons (Fsp3) is 0.263. The van der Waals surface area contributed by atoms with Crippen LogP contribution in [0.25, 0.3) is 0 Å². The third-order valence-corrected chi connectivity index (χ3v) is 5.58. The molecular weight excluding hydrogens is 322 g/mol. The summed E-state index contributed by atoms with van der Waals surface area (Å²) in [4.78, 5) is 25.9. The predicted octanol–water partition coefficient (Wildman–Crippen LogP) is 3.12. The average molecular weight is 339 g/mol. The van der Waals surface area contributed by atoms with E-state index in [2.05, 4.69) is 17.4 Å². The summed E-state index contributed by atoms with van der Waals surface area (Å²) in [7, 11) is 0. The molecule has 2 aromatic carbocycles. The molecule has 0 spiro atoms. The molecule has 0 aromatic heterocycles. The van der Waals surface area contributed by atoms with Crippen LogP contribution in [-0.4, -0.2) is 23.7 Å². The second-order valence-corrected chi connectivity index (χ2v) is 7.13. The number of fused-ring (bicyclic) bond motifs is 2. The second kappa shape index (κ2) is 6.32. The van der Waals surface area contributed by atoms with Gasteiger partial charge in [-0.15, -0.1) is 11.8 Å². The number of carbonyl (C=O) groups excluding carboxylic acids is 2. The Bertz CT molecular complexity index is 805. The highest BCUT2D eigenvalue weighted by Crippen LogP contribution is 2.36. The number of esters is 1. The highest BCUT2D eigenvalue weighted by Gasteiger charge is 2.33. The van der Waals surface area contributed by atoms with Crippen LogP contribution in [0.3, 0.4) is 0 Å². The molecule has 1 amide bonds. The minimum absolute atomic E-state index is 0.0224. The van der Waals surface area contributed by atoms with E-state index in [0.29, 0.717) is 12.0 Å². The van der Waals surface area contributed by atoms with Crippen LogP contribution in [0, 0.1) is 0 Å². The molecule has 2 aliphatic rings. The number of cyclic esters (lactones) is 1. The Morgan fingerprint density at radius 2 is 1.92 bits per heavy atom. The third kappa shape index (κ3) is 2.80. The van der Waals surface area contributed by atoms with Crippen molar-refractivity contribution in [3.63, 3.8) is 0 Å². The van der Waals surface area contributed by atoms with Gasteiger partial charge in [0.2, 0.25) is 0 Å². The van der Waals surface area contributed by atoms with E-state index in [9.17, 15) is 9.59 Å². The van der Waals surface area contributed by atoms with E-state index >= 15 is 0 Å². The molecule has 2 atom stereocenters. The number of hydrogen-bond donors (Lipinski definition) is 1. The van der Waals surface area contributed by atoms with Gasteiger partial charge in [-0.3, -0.25) is 4.79 Å². The smallest absolute Gasteiger partial charge is 0.339 e. The number of ether oxygens (including phenoxy) is 1. The van der Waals surface area contributed by atoms with Gasteiger partial charge in [0.1, 0.15) is 0 Å². The summed E-state index contributed by atoms with van der Waals surface area (Å²) in [6.07, 6.45) is 0.552. The van der Waals surface area contributed by atoms with Crippen molar-refractivity contribution in [2.45, 2.75) is 29.9 Å². The second-order valence-electron chi connectivity index (χ2n) is 5.99. The van der Waals surface area contributed by atoms with E-state index in [0.717, 1.165) is 23.3 Å². The standard InChI is InChI=1S/C19H17NO3S/c21-18(16-11-12-5-1-2-6-13(12)19(22)23-16)20-15-9-10-24-17-8-4-3-7-14(15)17/h1-8,15-16H,9-11H2,(H,20,21). The summed E-state index contributed by atoms with van der Waals surface area (Å²) in [5, 5.41) is 3.07. The van der Waals surface area contributed by atoms with Gasteiger partial charge >= 0.3 is 5.97 Å². The summed E-state index contributed by atoms with van der Waals surface area (Å²) in [6, 6.07) is 15.4. The lowest BCUT2D eigenvalue weighted by atomic mass is 9.97. The number of hydrogen-bond acceptors (Lipinski definition) is 4. The van der Waals surface area contributed by atoms with Crippen molar-refractivity contribution >= 4 is 23.6 Å². The van der Waals surface area contributed by atoms with Crippen molar-refractivity contribution in [2.24, 2.45) is 0 Å². The first-order chi connectivity index (χ1) is 11.7. The number of amides is 1. The molecule has 0 radical (unpaired) electrons. The monoisotopic (exact) mass is 339 g/mol. The van der Waals surface area contributed by atoms with Crippen molar-refractivity contribution in [3.05, 3.63) is 65.2 Å². The predicted molar refractivity (Wildman–Crippen MR) is 92.0 cm³/mol. The highest BCUT2D eigenvalue weighted by molar-refractivity contribution is 7.99. The zero-order chi connectivity index (χ0) is 16.5. The summed E-state index contributed by atoms with van der Waals surface area (Å²) in [5.41, 5.74) is 2.57. The van der Waals surface area contributed by atoms with Crippen LogP contribution in [0.15, 0.2) is 53.4 Å². The quantitative estimate of drug-likeness (QED) is 0.854. The zero-order valence-corrected chi connectivity index (χ0v) is 13.8. The summed E-state index contributed by atoms with van der Waals surface area (Å²) < 4.78 is 5.35. The first-order valence-electron chi connectivity index (χ1n) is 8.03. The maximum Gasteiger partial charge on any atom is 0.339 e. The zero-order valence-electron chi connectivity index (χ0n) is 13.0. The minimum Gasteiger partial charge on any atom is -0.448 e. The molecule has 0 bridgehead atoms. The van der Waals surface area contributed by atoms with Crippen LogP contribution in [0.5, 0.6) is 0 Å². The SMILES string of the molecule is O=C1OC(C(=O)NC2CCSc3ccccc32)Cc2ccccc21. The Balaban J connectivity index is 1.51. The molecule has 4 nitrogen and oxygen atoms in total. The molecule has 5 heteroatoms. The minimum atomic E-state index is -0.755. The lowest BCUT2D eigenvalue weighted by Crippen LogP contribution is -2.43. The molecule has 2 heterocycles. The summed E-state index contributed by atoms with van der Waals surface area (Å²) in [6.45, 7) is 0. The maximum absolute atomic E-state index is 12.6. The lowest BCUT2D eigenvalue weighted by molar-refractivity contribution is -0.131. The van der Waals surface area contributed by atoms with E-state index in [-0.39, 0.29) is 11.9 Å². The van der Waals surface area contributed by atoms with Gasteiger partial charge in [0.25, 0.3) is 5.91 Å². The molecule has 2 aliphatic heterocycles. The van der Waals surface area contributed by atoms with E-state index in [1.165, 1.54) is 4.90 Å². The summed E-state index contributed by atoms with van der Waals surface area (Å²) >= 11 is 1.81. The molecule has 0 saturated heterocycles. The molecular formula is C19H17NO3S. The van der Waals surface area contributed by atoms with Gasteiger partial charge in [0.05, 0.1) is 11.6 Å². The van der Waals surface area contributed by atoms with Gasteiger partial charge in [-0.25, -0.2) is 4.79 Å². The maximum atomic E-state index is 12.6. The van der Waals surface area contributed by atoms with E-state index in [1.54, 1.807) is 12.1 Å². The Morgan fingerprint density at radius 1 is 1.12 bits per heavy atom. The normalized spacial score (nSPS) is 22.1. The van der Waals surface area contributed by atoms with Crippen LogP contribution in [0.4, 0.5) is 0 Å². The van der Waals surface area contributed by atoms with E-state index in [4.69, 9.17) is 4.74 Å². The molecule has 0 aliphatic carbocycles. The highest BCUT2D eigenvalue weighted by atomic mass is 32.2. The topological polar surface area (TPSA) is 55.4 Å². The van der Waals surface area contributed by atoms with Crippen LogP contribution >= 0.6 is 11.8 Å². The first kappa shape index (κ1) is 15.3. The molecule has 1 N–H and O–H groups in total. The van der Waals surface area contributed by atoms with E-state index in [1.807, 2.05) is 36.0 Å². The van der Waals surface area contributed by atoms with Crippen LogP contribution in [0.2, 0.25) is 0 Å². The number of nitrogens with one attached hydrogen (secondary N) is 1. The van der Waals surface area contributed by atoms with Gasteiger partial charge < -0.3 is 10.1 Å². The van der Waals surface area contributed by atoms with Gasteiger partial charge in [0, 0.05) is 17.1 Å². The van der Waals surface area contributed by atoms with Crippen molar-refractivity contribution < 1.29 is 14.3 Å². The number of benzene rings is 2. The van der Waals surface area contributed by atoms with Gasteiger partial charge in [-0.1, -0.05) is 36.4 Å². The lowest BCUT2D eigenvalue weighted by Gasteiger charge is -2.29. The molecule has 122 valence electrons. The number of rotatable bonds is 2. The Kier molecular flexibility index (Phi) is 4.02. The molecule has 4 rings (SSSR count). The van der Waals surface area contributed by atoms with Crippen LogP contribution < -0.4 is 5.32 Å². The fourth-order valence-electron chi connectivity index (χ4n) is 3.23. The average Bonchev–Trinajstić information content (AvgIpc) is 2.62. The van der Waals surface area contributed by atoms with Crippen LogP contribution in [0.1, 0.15) is 33.9 Å². The molecule has 0 fully saturated rings. The van der Waals surface area contributed by atoms with Gasteiger partial charge in [-0.2, -0.15) is 0 Å². The largest absolute Gasteiger partial charge is 0.448 e. The van der Waals surface area contributed by atoms with E-state index < -0.39 is 12.1 Å². The first-order valence-corrected chi connectivity index (χ1v) is 9.02. The molecule has 2 aromatic rings.